The molecular formula is C76H144O17P2. The summed E-state index contributed by atoms with van der Waals surface area (Å²) in [5.41, 5.74) is 0. The second-order valence-corrected chi connectivity index (χ2v) is 30.8. The molecular weight excluding hydrogens is 1250 g/mol. The number of carbonyl (C=O) groups excluding carboxylic acids is 4. The molecule has 0 bridgehead atoms. The molecule has 6 atom stereocenters. The molecule has 0 saturated heterocycles. The van der Waals surface area contributed by atoms with Crippen molar-refractivity contribution < 1.29 is 80.2 Å². The quantitative estimate of drug-likeness (QED) is 0.0169. The van der Waals surface area contributed by atoms with E-state index < -0.39 is 97.5 Å². The molecule has 0 saturated carbocycles. The normalized spacial score (nSPS) is 14.5. The van der Waals surface area contributed by atoms with E-state index in [9.17, 15) is 43.2 Å². The Labute approximate surface area is 580 Å². The fourth-order valence-corrected chi connectivity index (χ4v) is 12.6. The summed E-state index contributed by atoms with van der Waals surface area (Å²) in [5, 5.41) is 10.6. The van der Waals surface area contributed by atoms with Gasteiger partial charge in [0.25, 0.3) is 0 Å². The second-order valence-electron chi connectivity index (χ2n) is 27.9. The minimum absolute atomic E-state index is 0.0836. The van der Waals surface area contributed by atoms with Crippen LogP contribution in [0.25, 0.3) is 0 Å². The number of hydrogen-bond acceptors (Lipinski definition) is 15. The first-order valence-corrected chi connectivity index (χ1v) is 41.7. The van der Waals surface area contributed by atoms with E-state index in [1.165, 1.54) is 148 Å². The molecule has 17 nitrogen and oxygen atoms in total. The van der Waals surface area contributed by atoms with Gasteiger partial charge in [-0.15, -0.1) is 0 Å². The Kier molecular flexibility index (Phi) is 64.4. The van der Waals surface area contributed by atoms with Gasteiger partial charge in [-0.3, -0.25) is 37.3 Å². The Balaban J connectivity index is 5.20. The SMILES string of the molecule is CCCCCC/C=C\C=C/CCCCCCCC(=O)O[C@H](COC(=O)CCCCCCCCC(C)C)COP(=O)(O)OC[C@H](O)COP(=O)(O)OC[C@@H](COC(=O)CCCCCCCCC(C)CC)OC(=O)CCCCCCCCCCCCCCCCCCCCC(C)C. The third-order valence-electron chi connectivity index (χ3n) is 17.4. The van der Waals surface area contributed by atoms with Crippen molar-refractivity contribution in [3.63, 3.8) is 0 Å². The Morgan fingerprint density at radius 2 is 0.621 bits per heavy atom. The maximum Gasteiger partial charge on any atom is 0.472 e. The zero-order chi connectivity index (χ0) is 70.1. The van der Waals surface area contributed by atoms with Gasteiger partial charge in [-0.25, -0.2) is 9.13 Å². The number of unbranched alkanes of at least 4 members (excludes halogenated alkanes) is 36. The van der Waals surface area contributed by atoms with Crippen molar-refractivity contribution in [3.05, 3.63) is 24.3 Å². The number of carbonyl (C=O) groups is 4. The average molecular weight is 1390 g/mol. The highest BCUT2D eigenvalue weighted by Crippen LogP contribution is 2.45. The molecule has 0 amide bonds. The highest BCUT2D eigenvalue weighted by atomic mass is 31.2. The Hall–Kier alpha value is -2.46. The predicted octanol–water partition coefficient (Wildman–Crippen LogP) is 21.7. The lowest BCUT2D eigenvalue weighted by Gasteiger charge is -2.21. The summed E-state index contributed by atoms with van der Waals surface area (Å²) in [4.78, 5) is 72.7. The van der Waals surface area contributed by atoms with E-state index in [0.29, 0.717) is 31.6 Å². The van der Waals surface area contributed by atoms with Gasteiger partial charge in [0.1, 0.15) is 19.3 Å². The molecule has 0 aromatic rings. The van der Waals surface area contributed by atoms with Crippen LogP contribution in [0.3, 0.4) is 0 Å². The molecule has 0 heterocycles. The molecule has 0 aliphatic carbocycles. The van der Waals surface area contributed by atoms with Gasteiger partial charge in [0.15, 0.2) is 12.2 Å². The van der Waals surface area contributed by atoms with Crippen molar-refractivity contribution in [2.24, 2.45) is 17.8 Å². The van der Waals surface area contributed by atoms with E-state index in [4.69, 9.17) is 37.0 Å². The summed E-state index contributed by atoms with van der Waals surface area (Å²) in [7, 11) is -9.92. The van der Waals surface area contributed by atoms with Crippen LogP contribution in [0.4, 0.5) is 0 Å². The van der Waals surface area contributed by atoms with Crippen LogP contribution in [0, 0.1) is 17.8 Å². The van der Waals surface area contributed by atoms with Crippen molar-refractivity contribution in [3.8, 4) is 0 Å². The van der Waals surface area contributed by atoms with Crippen molar-refractivity contribution in [1.29, 1.82) is 0 Å². The topological polar surface area (TPSA) is 237 Å². The molecule has 0 aliphatic rings. The van der Waals surface area contributed by atoms with Crippen LogP contribution in [0.2, 0.25) is 0 Å². The van der Waals surface area contributed by atoms with Crippen LogP contribution in [0.5, 0.6) is 0 Å². The summed E-state index contributed by atoms with van der Waals surface area (Å²) in [5.74, 6) is 0.0706. The van der Waals surface area contributed by atoms with Gasteiger partial charge >= 0.3 is 39.5 Å². The molecule has 0 radical (unpaired) electrons. The third kappa shape index (κ3) is 68.5. The lowest BCUT2D eigenvalue weighted by atomic mass is 10.00. The molecule has 0 spiro atoms. The molecule has 95 heavy (non-hydrogen) atoms. The van der Waals surface area contributed by atoms with E-state index in [-0.39, 0.29) is 25.7 Å². The molecule has 0 aromatic heterocycles. The number of rotatable bonds is 72. The summed E-state index contributed by atoms with van der Waals surface area (Å²) >= 11 is 0. The van der Waals surface area contributed by atoms with Crippen molar-refractivity contribution in [2.45, 2.75) is 381 Å². The number of phosphoric acid groups is 2. The first-order chi connectivity index (χ1) is 45.8. The number of phosphoric ester groups is 2. The molecule has 3 N–H and O–H groups in total. The third-order valence-corrected chi connectivity index (χ3v) is 19.3. The number of ether oxygens (including phenoxy) is 4. The van der Waals surface area contributed by atoms with E-state index in [1.54, 1.807) is 0 Å². The Morgan fingerprint density at radius 3 is 0.937 bits per heavy atom. The second kappa shape index (κ2) is 66.1. The summed E-state index contributed by atoms with van der Waals surface area (Å²) < 4.78 is 68.4. The van der Waals surface area contributed by atoms with Gasteiger partial charge in [0.2, 0.25) is 0 Å². The van der Waals surface area contributed by atoms with Crippen LogP contribution in [-0.2, 0) is 65.4 Å². The number of esters is 4. The number of aliphatic hydroxyl groups excluding tert-OH is 1. The van der Waals surface area contributed by atoms with Gasteiger partial charge in [0.05, 0.1) is 26.4 Å². The first-order valence-electron chi connectivity index (χ1n) is 38.7. The van der Waals surface area contributed by atoms with Crippen molar-refractivity contribution >= 4 is 39.5 Å². The average Bonchev–Trinajstić information content (AvgIpc) is 2.12. The molecule has 0 rings (SSSR count). The number of allylic oxidation sites excluding steroid dienone is 4. The minimum Gasteiger partial charge on any atom is -0.462 e. The largest absolute Gasteiger partial charge is 0.472 e. The van der Waals surface area contributed by atoms with Crippen LogP contribution in [0.1, 0.15) is 363 Å². The summed E-state index contributed by atoms with van der Waals surface area (Å²) in [6, 6.07) is 0. The lowest BCUT2D eigenvalue weighted by Crippen LogP contribution is -2.30. The van der Waals surface area contributed by atoms with Crippen molar-refractivity contribution in [1.82, 2.24) is 0 Å². The maximum atomic E-state index is 13.1. The first kappa shape index (κ1) is 92.5. The van der Waals surface area contributed by atoms with Crippen LogP contribution < -0.4 is 0 Å². The standard InChI is InChI=1S/C76H144O17P2/c1-8-10-11-12-13-14-15-16-21-25-28-31-34-45-52-59-75(80)92-71(63-86-73(78)57-50-43-38-36-41-48-55-68(5)6)65-90-94(82,83)88-61-70(77)62-89-95(84,85)91-66-72(64-87-74(79)58-51-44-39-37-42-49-56-69(7)9-2)93-76(81)60-53-46-35-32-29-26-23-20-18-17-19-22-24-27-30-33-40-47-54-67(3)4/h14-16,21,67-72,77H,8-13,17-20,22-66H2,1-7H3,(H,82,83)(H,84,85)/b15-14-,21-16-/t69?,70-,71+,72+/m0/s1. The minimum atomic E-state index is -4.96. The maximum absolute atomic E-state index is 13.1. The fraction of sp³-hybridized carbons (Fsp3) is 0.895. The van der Waals surface area contributed by atoms with Crippen LogP contribution >= 0.6 is 15.6 Å². The predicted molar refractivity (Wildman–Crippen MR) is 386 cm³/mol. The van der Waals surface area contributed by atoms with Gasteiger partial charge in [-0.05, 0) is 69.1 Å². The van der Waals surface area contributed by atoms with Gasteiger partial charge < -0.3 is 33.8 Å². The molecule has 0 aromatic carbocycles. The van der Waals surface area contributed by atoms with Crippen LogP contribution in [0.15, 0.2) is 24.3 Å². The fourth-order valence-electron chi connectivity index (χ4n) is 11.0. The number of hydrogen-bond donors (Lipinski definition) is 3. The summed E-state index contributed by atoms with van der Waals surface area (Å²) in [6.45, 7) is 11.7. The molecule has 560 valence electrons. The summed E-state index contributed by atoms with van der Waals surface area (Å²) in [6.07, 6.45) is 55.3. The van der Waals surface area contributed by atoms with E-state index in [1.807, 2.05) is 0 Å². The Bertz CT molecular complexity index is 1950. The van der Waals surface area contributed by atoms with Gasteiger partial charge in [0, 0.05) is 25.7 Å². The number of aliphatic hydroxyl groups is 1. The van der Waals surface area contributed by atoms with Crippen molar-refractivity contribution in [2.75, 3.05) is 39.6 Å². The monoisotopic (exact) mass is 1390 g/mol. The zero-order valence-corrected chi connectivity index (χ0v) is 63.4. The highest BCUT2D eigenvalue weighted by Gasteiger charge is 2.30. The zero-order valence-electron chi connectivity index (χ0n) is 61.6. The molecule has 0 aliphatic heterocycles. The van der Waals surface area contributed by atoms with Crippen LogP contribution in [-0.4, -0.2) is 96.7 Å². The lowest BCUT2D eigenvalue weighted by molar-refractivity contribution is -0.161. The highest BCUT2D eigenvalue weighted by molar-refractivity contribution is 7.47. The van der Waals surface area contributed by atoms with E-state index in [0.717, 1.165) is 127 Å². The molecule has 3 unspecified atom stereocenters. The molecule has 0 fully saturated rings. The smallest absolute Gasteiger partial charge is 0.462 e. The van der Waals surface area contributed by atoms with E-state index >= 15 is 0 Å². The Morgan fingerprint density at radius 1 is 0.347 bits per heavy atom. The van der Waals surface area contributed by atoms with Gasteiger partial charge in [-0.2, -0.15) is 0 Å². The molecule has 19 heteroatoms. The van der Waals surface area contributed by atoms with E-state index in [2.05, 4.69) is 72.8 Å². The van der Waals surface area contributed by atoms with Gasteiger partial charge in [-0.1, -0.05) is 310 Å².